The summed E-state index contributed by atoms with van der Waals surface area (Å²) in [6.45, 7) is 0.406. The van der Waals surface area contributed by atoms with Gasteiger partial charge in [-0.25, -0.2) is 13.2 Å². The fourth-order valence-corrected chi connectivity index (χ4v) is 3.89. The van der Waals surface area contributed by atoms with Crippen LogP contribution in [-0.2, 0) is 19.6 Å². The molecule has 0 atom stereocenters. The molecule has 11 nitrogen and oxygen atoms in total. The van der Waals surface area contributed by atoms with E-state index >= 15 is 0 Å². The lowest BCUT2D eigenvalue weighted by atomic mass is 10.2. The minimum Gasteiger partial charge on any atom is -0.481 e. The predicted molar refractivity (Wildman–Crippen MR) is 97.7 cm³/mol. The Kier molecular flexibility index (Phi) is 5.51. The van der Waals surface area contributed by atoms with E-state index in [1.807, 2.05) is 0 Å². The van der Waals surface area contributed by atoms with Gasteiger partial charge in [-0.3, -0.25) is 0 Å². The molecule has 13 heteroatoms. The summed E-state index contributed by atoms with van der Waals surface area (Å²) in [5.74, 6) is -0.688. The number of halogens is 1. The normalized spacial score (nSPS) is 13.7. The molecule has 1 aliphatic rings. The van der Waals surface area contributed by atoms with Crippen LogP contribution in [0.4, 0.5) is 10.7 Å². The largest absolute Gasteiger partial charge is 0.481 e. The summed E-state index contributed by atoms with van der Waals surface area (Å²) >= 11 is 5.87. The van der Waals surface area contributed by atoms with Crippen LogP contribution in [0.25, 0.3) is 0 Å². The summed E-state index contributed by atoms with van der Waals surface area (Å²) in [5.41, 5.74) is 5.39. The molecule has 0 spiro atoms. The zero-order chi connectivity index (χ0) is 20.3. The molecule has 0 fully saturated rings. The fraction of sp³-hybridized carbons (Fsp3) is 0.200. The number of oxime groups is 1. The van der Waals surface area contributed by atoms with Crippen molar-refractivity contribution in [2.24, 2.45) is 10.9 Å². The minimum atomic E-state index is -4.57. The second-order valence-corrected chi connectivity index (χ2v) is 7.36. The van der Waals surface area contributed by atoms with Gasteiger partial charge in [0.25, 0.3) is 21.9 Å². The lowest BCUT2D eigenvalue weighted by Crippen LogP contribution is -2.42. The van der Waals surface area contributed by atoms with E-state index in [0.717, 1.165) is 0 Å². The van der Waals surface area contributed by atoms with E-state index in [-0.39, 0.29) is 44.9 Å². The Hall–Kier alpha value is -3.12. The molecule has 3 rings (SSSR count). The fourth-order valence-electron chi connectivity index (χ4n) is 2.31. The third-order valence-electron chi connectivity index (χ3n) is 3.45. The quantitative estimate of drug-likeness (QED) is 0.698. The zero-order valence-corrected chi connectivity index (χ0v) is 16.0. The number of aromatic nitrogens is 2. The third kappa shape index (κ3) is 3.77. The molecule has 0 saturated carbocycles. The number of primary amides is 1. The Labute approximate surface area is 164 Å². The Morgan fingerprint density at radius 1 is 1.29 bits per heavy atom. The van der Waals surface area contributed by atoms with Gasteiger partial charge >= 0.3 is 6.03 Å². The van der Waals surface area contributed by atoms with Crippen LogP contribution in [0.2, 0.25) is 5.15 Å². The number of carbonyl (C=O) groups excluding carboxylic acids is 1. The monoisotopic (exact) mass is 427 g/mol. The highest BCUT2D eigenvalue weighted by Crippen LogP contribution is 2.27. The van der Waals surface area contributed by atoms with Crippen molar-refractivity contribution in [3.63, 3.8) is 0 Å². The van der Waals surface area contributed by atoms with Crippen LogP contribution >= 0.6 is 11.6 Å². The van der Waals surface area contributed by atoms with E-state index in [1.54, 1.807) is 6.07 Å². The first kappa shape index (κ1) is 19.6. The number of carbonyl (C=O) groups is 1. The second-order valence-electron chi connectivity index (χ2n) is 5.21. The lowest BCUT2D eigenvalue weighted by molar-refractivity contribution is 0.0653. The number of hydrogen-bond donors (Lipinski definition) is 1. The van der Waals surface area contributed by atoms with Gasteiger partial charge in [0.1, 0.15) is 16.7 Å². The Balaban J connectivity index is 2.16. The summed E-state index contributed by atoms with van der Waals surface area (Å²) in [7, 11) is -3.28. The molecule has 2 aromatic rings. The minimum absolute atomic E-state index is 0.0561. The van der Waals surface area contributed by atoms with Crippen LogP contribution in [0.5, 0.6) is 5.88 Å². The molecule has 0 bridgehead atoms. The molecule has 0 aliphatic carbocycles. The molecular formula is C15H14ClN5O6S. The van der Waals surface area contributed by atoms with Crippen molar-refractivity contribution in [2.45, 2.75) is 4.90 Å². The molecule has 148 valence electrons. The first-order valence-corrected chi connectivity index (χ1v) is 9.52. The highest BCUT2D eigenvalue weighted by molar-refractivity contribution is 7.93. The van der Waals surface area contributed by atoms with Gasteiger partial charge in [0.2, 0.25) is 5.88 Å². The number of benzene rings is 1. The number of anilines is 1. The first-order chi connectivity index (χ1) is 13.3. The van der Waals surface area contributed by atoms with Gasteiger partial charge in [0.05, 0.1) is 12.7 Å². The van der Waals surface area contributed by atoms with Gasteiger partial charge in [0.15, 0.2) is 6.61 Å². The molecule has 2 N–H and O–H groups in total. The van der Waals surface area contributed by atoms with Crippen molar-refractivity contribution in [3.8, 4) is 5.88 Å². The molecule has 1 aliphatic heterocycles. The maximum absolute atomic E-state index is 13.3. The maximum atomic E-state index is 13.3. The van der Waals surface area contributed by atoms with Gasteiger partial charge in [-0.2, -0.15) is 9.97 Å². The number of amides is 2. The molecule has 0 unspecified atom stereocenters. The third-order valence-corrected chi connectivity index (χ3v) is 5.38. The summed E-state index contributed by atoms with van der Waals surface area (Å²) in [6.07, 6.45) is 0. The highest BCUT2D eigenvalue weighted by Gasteiger charge is 2.35. The zero-order valence-electron chi connectivity index (χ0n) is 14.4. The van der Waals surface area contributed by atoms with Gasteiger partial charge in [-0.15, -0.1) is 4.31 Å². The van der Waals surface area contributed by atoms with Gasteiger partial charge in [-0.1, -0.05) is 23.7 Å². The Morgan fingerprint density at radius 2 is 2.04 bits per heavy atom. The highest BCUT2D eigenvalue weighted by atomic mass is 35.5. The summed E-state index contributed by atoms with van der Waals surface area (Å²) < 4.78 is 37.0. The number of nitrogens with two attached hydrogens (primary N) is 1. The average molecular weight is 428 g/mol. The second kappa shape index (κ2) is 7.86. The van der Waals surface area contributed by atoms with Crippen LogP contribution in [0.15, 0.2) is 40.4 Å². The maximum Gasteiger partial charge on any atom is 0.336 e. The molecular weight excluding hydrogens is 414 g/mol. The van der Waals surface area contributed by atoms with Crippen LogP contribution in [0.3, 0.4) is 0 Å². The molecule has 2 heterocycles. The number of urea groups is 1. The van der Waals surface area contributed by atoms with Gasteiger partial charge in [-0.05, 0) is 17.3 Å². The van der Waals surface area contributed by atoms with E-state index in [0.29, 0.717) is 0 Å². The van der Waals surface area contributed by atoms with Crippen molar-refractivity contribution in [2.75, 3.05) is 24.6 Å². The number of methoxy groups -OCH3 is 1. The SMILES string of the molecule is COc1cc(Cl)nc(N(C(N)=O)S(=O)(=O)c2ccccc2C2=NOCCO2)n1. The number of ether oxygens (including phenoxy) is 2. The van der Waals surface area contributed by atoms with Crippen molar-refractivity contribution in [1.29, 1.82) is 0 Å². The van der Waals surface area contributed by atoms with E-state index < -0.39 is 22.0 Å². The Morgan fingerprint density at radius 3 is 2.68 bits per heavy atom. The van der Waals surface area contributed by atoms with Gasteiger partial charge < -0.3 is 20.0 Å². The van der Waals surface area contributed by atoms with Crippen molar-refractivity contribution in [1.82, 2.24) is 9.97 Å². The van der Waals surface area contributed by atoms with Crippen LogP contribution in [0.1, 0.15) is 5.56 Å². The van der Waals surface area contributed by atoms with E-state index in [1.165, 1.54) is 31.4 Å². The molecule has 0 radical (unpaired) electrons. The van der Waals surface area contributed by atoms with Crippen molar-refractivity contribution < 1.29 is 27.5 Å². The number of rotatable bonds is 5. The van der Waals surface area contributed by atoms with E-state index in [2.05, 4.69) is 15.1 Å². The number of sulfonamides is 1. The Bertz CT molecular complexity index is 1040. The van der Waals surface area contributed by atoms with Crippen LogP contribution < -0.4 is 14.8 Å². The standard InChI is InChI=1S/C15H14ClN5O6S/c1-25-12-8-11(16)18-15(19-12)21(14(17)22)28(23,24)10-5-3-2-4-9(10)13-20-27-7-6-26-13/h2-5,8H,6-7H2,1H3,(H2,17,22). The van der Waals surface area contributed by atoms with Crippen molar-refractivity contribution >= 4 is 39.5 Å². The number of hydrogen-bond acceptors (Lipinski definition) is 9. The van der Waals surface area contributed by atoms with Crippen molar-refractivity contribution in [3.05, 3.63) is 41.0 Å². The van der Waals surface area contributed by atoms with E-state index in [9.17, 15) is 13.2 Å². The summed E-state index contributed by atoms with van der Waals surface area (Å²) in [6, 6.07) is 5.62. The lowest BCUT2D eigenvalue weighted by Gasteiger charge is -2.21. The number of nitrogens with zero attached hydrogens (tertiary/aromatic N) is 4. The molecule has 1 aromatic carbocycles. The van der Waals surface area contributed by atoms with Gasteiger partial charge in [0, 0.05) is 6.07 Å². The molecule has 0 saturated heterocycles. The molecule has 1 aromatic heterocycles. The summed E-state index contributed by atoms with van der Waals surface area (Å²) in [4.78, 5) is 24.3. The van der Waals surface area contributed by atoms with E-state index in [4.69, 9.17) is 31.6 Å². The van der Waals surface area contributed by atoms with Crippen LogP contribution in [-0.4, -0.2) is 50.6 Å². The van der Waals surface area contributed by atoms with Crippen LogP contribution in [0, 0.1) is 0 Å². The molecule has 28 heavy (non-hydrogen) atoms. The topological polar surface area (TPSA) is 146 Å². The first-order valence-electron chi connectivity index (χ1n) is 7.70. The smallest absolute Gasteiger partial charge is 0.336 e. The predicted octanol–water partition coefficient (Wildman–Crippen LogP) is 1.12. The molecule has 2 amide bonds. The summed E-state index contributed by atoms with van der Waals surface area (Å²) in [5, 5.41) is 3.57. The average Bonchev–Trinajstić information content (AvgIpc) is 2.67.